The maximum atomic E-state index is 13.5. The molecular formula is C28H28F3NO3. The molecule has 1 aliphatic rings. The third kappa shape index (κ3) is 5.62. The Hall–Kier alpha value is -3.45. The summed E-state index contributed by atoms with van der Waals surface area (Å²) in [4.78, 5) is 0. The van der Waals surface area contributed by atoms with Gasteiger partial charge in [-0.2, -0.15) is 13.2 Å². The summed E-state index contributed by atoms with van der Waals surface area (Å²) in [5.41, 5.74) is 3.29. The van der Waals surface area contributed by atoms with Gasteiger partial charge in [0.1, 0.15) is 12.4 Å². The van der Waals surface area contributed by atoms with Crippen molar-refractivity contribution in [3.05, 3.63) is 94.1 Å². The molecule has 0 amide bonds. The van der Waals surface area contributed by atoms with Gasteiger partial charge in [-0.05, 0) is 65.4 Å². The number of methoxy groups -OCH3 is 2. The average molecular weight is 484 g/mol. The second-order valence-electron chi connectivity index (χ2n) is 8.43. The fourth-order valence-electron chi connectivity index (χ4n) is 4.36. The lowest BCUT2D eigenvalue weighted by Crippen LogP contribution is -2.28. The van der Waals surface area contributed by atoms with Crippen molar-refractivity contribution in [3.8, 4) is 17.2 Å². The highest BCUT2D eigenvalue weighted by atomic mass is 19.4. The van der Waals surface area contributed by atoms with Crippen molar-refractivity contribution in [3.63, 3.8) is 0 Å². The lowest BCUT2D eigenvalue weighted by atomic mass is 9.92. The van der Waals surface area contributed by atoms with Gasteiger partial charge >= 0.3 is 6.18 Å². The van der Waals surface area contributed by atoms with Gasteiger partial charge < -0.3 is 19.5 Å². The summed E-state index contributed by atoms with van der Waals surface area (Å²) in [5, 5.41) is 3.43. The maximum Gasteiger partial charge on any atom is 0.419 e. The molecule has 0 radical (unpaired) electrons. The van der Waals surface area contributed by atoms with Gasteiger partial charge in [0.15, 0.2) is 11.5 Å². The molecule has 4 nitrogen and oxygen atoms in total. The number of nitrogens with one attached hydrogen (secondary N) is 1. The number of alkyl halides is 3. The highest BCUT2D eigenvalue weighted by Crippen LogP contribution is 2.40. The molecule has 0 bridgehead atoms. The molecule has 3 aromatic carbocycles. The summed E-state index contributed by atoms with van der Waals surface area (Å²) >= 11 is 0. The third-order valence-electron chi connectivity index (χ3n) is 6.04. The Labute approximate surface area is 203 Å². The van der Waals surface area contributed by atoms with E-state index in [1.807, 2.05) is 48.5 Å². The summed E-state index contributed by atoms with van der Waals surface area (Å²) in [6.45, 7) is 2.78. The first-order chi connectivity index (χ1) is 16.8. The SMILES string of the molecule is COc1cc2c(cc1OCc1ccccc1)CCNC2C=Cc1cc(C)c(OC)c(C(F)(F)F)c1. The summed E-state index contributed by atoms with van der Waals surface area (Å²) in [5.74, 6) is 1.13. The van der Waals surface area contributed by atoms with Gasteiger partial charge in [-0.25, -0.2) is 0 Å². The van der Waals surface area contributed by atoms with E-state index in [4.69, 9.17) is 14.2 Å². The van der Waals surface area contributed by atoms with Gasteiger partial charge in [-0.3, -0.25) is 0 Å². The molecule has 184 valence electrons. The van der Waals surface area contributed by atoms with Crippen molar-refractivity contribution in [2.75, 3.05) is 20.8 Å². The van der Waals surface area contributed by atoms with Gasteiger partial charge in [-0.1, -0.05) is 42.5 Å². The smallest absolute Gasteiger partial charge is 0.419 e. The van der Waals surface area contributed by atoms with Crippen molar-refractivity contribution in [1.82, 2.24) is 5.32 Å². The van der Waals surface area contributed by atoms with E-state index in [1.165, 1.54) is 7.11 Å². The van der Waals surface area contributed by atoms with E-state index in [-0.39, 0.29) is 11.8 Å². The fraction of sp³-hybridized carbons (Fsp3) is 0.286. The predicted molar refractivity (Wildman–Crippen MR) is 130 cm³/mol. The monoisotopic (exact) mass is 483 g/mol. The van der Waals surface area contributed by atoms with Crippen LogP contribution in [0.15, 0.2) is 60.7 Å². The largest absolute Gasteiger partial charge is 0.496 e. The number of ether oxygens (including phenoxy) is 3. The lowest BCUT2D eigenvalue weighted by Gasteiger charge is -2.26. The molecular weight excluding hydrogens is 455 g/mol. The highest BCUT2D eigenvalue weighted by molar-refractivity contribution is 5.59. The standard InChI is InChI=1S/C28H28F3NO3/c1-18-13-20(14-23(27(18)34-3)28(29,30)31)9-10-24-22-16-25(33-2)26(15-21(22)11-12-32-24)35-17-19-7-5-4-6-8-19/h4-10,13-16,24,32H,11-12,17H2,1-3H3. The summed E-state index contributed by atoms with van der Waals surface area (Å²) in [6.07, 6.45) is -0.103. The zero-order chi connectivity index (χ0) is 25.0. The summed E-state index contributed by atoms with van der Waals surface area (Å²) in [7, 11) is 2.85. The van der Waals surface area contributed by atoms with Crippen LogP contribution in [0, 0.1) is 6.92 Å². The van der Waals surface area contributed by atoms with E-state index >= 15 is 0 Å². The van der Waals surface area contributed by atoms with Crippen LogP contribution in [0.4, 0.5) is 13.2 Å². The summed E-state index contributed by atoms with van der Waals surface area (Å²) < 4.78 is 57.2. The Morgan fingerprint density at radius 2 is 1.77 bits per heavy atom. The van der Waals surface area contributed by atoms with Crippen molar-refractivity contribution in [1.29, 1.82) is 0 Å². The normalized spacial score (nSPS) is 15.7. The average Bonchev–Trinajstić information content (AvgIpc) is 2.85. The quantitative estimate of drug-likeness (QED) is 0.416. The number of benzene rings is 3. The van der Waals surface area contributed by atoms with Crippen molar-refractivity contribution >= 4 is 6.08 Å². The molecule has 0 saturated heterocycles. The molecule has 1 atom stereocenters. The van der Waals surface area contributed by atoms with E-state index in [0.29, 0.717) is 29.2 Å². The molecule has 0 saturated carbocycles. The van der Waals surface area contributed by atoms with Gasteiger partial charge in [0.05, 0.1) is 25.8 Å². The van der Waals surface area contributed by atoms with E-state index in [2.05, 4.69) is 5.32 Å². The molecule has 0 aliphatic carbocycles. The van der Waals surface area contributed by atoms with Crippen molar-refractivity contribution in [2.45, 2.75) is 32.2 Å². The van der Waals surface area contributed by atoms with E-state index in [9.17, 15) is 13.2 Å². The Morgan fingerprint density at radius 1 is 1.00 bits per heavy atom. The van der Waals surface area contributed by atoms with Crippen LogP contribution in [0.5, 0.6) is 17.2 Å². The molecule has 1 unspecified atom stereocenters. The number of hydrogen-bond acceptors (Lipinski definition) is 4. The third-order valence-corrected chi connectivity index (χ3v) is 6.04. The molecule has 0 aromatic heterocycles. The predicted octanol–water partition coefficient (Wildman–Crippen LogP) is 6.51. The second-order valence-corrected chi connectivity index (χ2v) is 8.43. The van der Waals surface area contributed by atoms with Crippen molar-refractivity contribution < 1.29 is 27.4 Å². The van der Waals surface area contributed by atoms with E-state index < -0.39 is 11.7 Å². The number of rotatable bonds is 7. The Kier molecular flexibility index (Phi) is 7.36. The number of halogens is 3. The van der Waals surface area contributed by atoms with Crippen LogP contribution < -0.4 is 19.5 Å². The lowest BCUT2D eigenvalue weighted by molar-refractivity contribution is -0.138. The first kappa shape index (κ1) is 24.7. The highest BCUT2D eigenvalue weighted by Gasteiger charge is 2.35. The van der Waals surface area contributed by atoms with Gasteiger partial charge in [0.25, 0.3) is 0 Å². The zero-order valence-electron chi connectivity index (χ0n) is 19.9. The molecule has 1 aliphatic heterocycles. The molecule has 4 rings (SSSR count). The molecule has 1 heterocycles. The van der Waals surface area contributed by atoms with Gasteiger partial charge in [0.2, 0.25) is 0 Å². The maximum absolute atomic E-state index is 13.5. The molecule has 35 heavy (non-hydrogen) atoms. The number of hydrogen-bond donors (Lipinski definition) is 1. The van der Waals surface area contributed by atoms with Crippen LogP contribution in [-0.2, 0) is 19.2 Å². The molecule has 3 aromatic rings. The minimum Gasteiger partial charge on any atom is -0.496 e. The number of aryl methyl sites for hydroxylation is 1. The first-order valence-corrected chi connectivity index (χ1v) is 11.3. The Balaban J connectivity index is 1.60. The topological polar surface area (TPSA) is 39.7 Å². The first-order valence-electron chi connectivity index (χ1n) is 11.3. The van der Waals surface area contributed by atoms with Crippen LogP contribution in [0.2, 0.25) is 0 Å². The van der Waals surface area contributed by atoms with Crippen LogP contribution in [0.3, 0.4) is 0 Å². The van der Waals surface area contributed by atoms with Crippen LogP contribution >= 0.6 is 0 Å². The molecule has 7 heteroatoms. The van der Waals surface area contributed by atoms with Crippen LogP contribution in [0.25, 0.3) is 6.08 Å². The van der Waals surface area contributed by atoms with Crippen LogP contribution in [-0.4, -0.2) is 20.8 Å². The Bertz CT molecular complexity index is 1210. The number of fused-ring (bicyclic) bond motifs is 1. The molecule has 0 fully saturated rings. The van der Waals surface area contributed by atoms with Crippen molar-refractivity contribution in [2.24, 2.45) is 0 Å². The second kappa shape index (κ2) is 10.4. The summed E-state index contributed by atoms with van der Waals surface area (Å²) in [6, 6.07) is 16.5. The zero-order valence-corrected chi connectivity index (χ0v) is 19.9. The minimum absolute atomic E-state index is 0.149. The van der Waals surface area contributed by atoms with Crippen LogP contribution in [0.1, 0.15) is 39.4 Å². The van der Waals surface area contributed by atoms with Gasteiger partial charge in [-0.15, -0.1) is 0 Å². The molecule has 0 spiro atoms. The van der Waals surface area contributed by atoms with Gasteiger partial charge in [0, 0.05) is 6.54 Å². The molecule has 1 N–H and O–H groups in total. The van der Waals surface area contributed by atoms with E-state index in [1.54, 1.807) is 26.2 Å². The minimum atomic E-state index is -4.50. The fourth-order valence-corrected chi connectivity index (χ4v) is 4.36. The Morgan fingerprint density at radius 3 is 2.46 bits per heavy atom. The van der Waals surface area contributed by atoms with E-state index in [0.717, 1.165) is 35.7 Å².